The number of hydrogen-bond acceptors (Lipinski definition) is 2. The van der Waals surface area contributed by atoms with Crippen molar-refractivity contribution < 1.29 is 4.57 Å². The van der Waals surface area contributed by atoms with Crippen molar-refractivity contribution in [3.63, 3.8) is 0 Å². The molecule has 0 radical (unpaired) electrons. The van der Waals surface area contributed by atoms with Crippen molar-refractivity contribution in [1.82, 2.24) is 4.57 Å². The van der Waals surface area contributed by atoms with Crippen molar-refractivity contribution in [3.8, 4) is 0 Å². The minimum atomic E-state index is -0.0325. The summed E-state index contributed by atoms with van der Waals surface area (Å²) in [5.41, 5.74) is 2.99. The van der Waals surface area contributed by atoms with Crippen molar-refractivity contribution in [2.75, 3.05) is 0 Å². The van der Waals surface area contributed by atoms with Crippen LogP contribution in [-0.2, 0) is 13.5 Å². The van der Waals surface area contributed by atoms with Crippen LogP contribution in [0.15, 0.2) is 34.1 Å². The van der Waals surface area contributed by atoms with E-state index in [4.69, 9.17) is 0 Å². The maximum Gasteiger partial charge on any atom is 0.402 e. The summed E-state index contributed by atoms with van der Waals surface area (Å²) in [7, 11) is 1.98. The monoisotopic (exact) mass is 256 g/mol. The highest BCUT2D eigenvalue weighted by molar-refractivity contribution is 6.03. The Morgan fingerprint density at radius 3 is 2.95 bits per heavy atom. The number of fused-ring (bicyclic) bond motifs is 3. The third kappa shape index (κ3) is 1.63. The fourth-order valence-corrected chi connectivity index (χ4v) is 2.78. The van der Waals surface area contributed by atoms with E-state index in [2.05, 4.69) is 11.9 Å². The molecule has 1 aliphatic heterocycles. The molecular formula is C15H18N3O+. The van der Waals surface area contributed by atoms with Gasteiger partial charge in [0.1, 0.15) is 0 Å². The highest BCUT2D eigenvalue weighted by Gasteiger charge is 2.37. The number of aromatic nitrogens is 2. The van der Waals surface area contributed by atoms with Crippen LogP contribution in [0.3, 0.4) is 0 Å². The fraction of sp³-hybridized carbons (Fsp3) is 0.400. The average Bonchev–Trinajstić information content (AvgIpc) is 2.81. The molecule has 1 atom stereocenters. The maximum absolute atomic E-state index is 12.7. The summed E-state index contributed by atoms with van der Waals surface area (Å²) in [4.78, 5) is 17.3. The van der Waals surface area contributed by atoms with Gasteiger partial charge in [0.15, 0.2) is 11.8 Å². The first-order chi connectivity index (χ1) is 9.15. The van der Waals surface area contributed by atoms with Gasteiger partial charge in [-0.25, -0.2) is 4.57 Å². The Morgan fingerprint density at radius 2 is 2.21 bits per heavy atom. The van der Waals surface area contributed by atoms with Crippen LogP contribution in [0.5, 0.6) is 0 Å². The van der Waals surface area contributed by atoms with Crippen LogP contribution in [0.1, 0.15) is 30.6 Å². The molecular weight excluding hydrogens is 238 g/mol. The first-order valence-corrected chi connectivity index (χ1v) is 6.72. The van der Waals surface area contributed by atoms with Gasteiger partial charge in [0.25, 0.3) is 0 Å². The Morgan fingerprint density at radius 1 is 1.42 bits per heavy atom. The predicted octanol–water partition coefficient (Wildman–Crippen LogP) is 1.69. The molecule has 1 aromatic rings. The van der Waals surface area contributed by atoms with E-state index in [1.165, 1.54) is 0 Å². The summed E-state index contributed by atoms with van der Waals surface area (Å²) in [5.74, 6) is 0.749. The molecule has 0 N–H and O–H groups in total. The lowest BCUT2D eigenvalue weighted by Crippen LogP contribution is -2.43. The van der Waals surface area contributed by atoms with Gasteiger partial charge in [0.2, 0.25) is 0 Å². The molecule has 1 unspecified atom stereocenters. The zero-order valence-electron chi connectivity index (χ0n) is 11.6. The van der Waals surface area contributed by atoms with E-state index in [9.17, 15) is 4.79 Å². The fourth-order valence-electron chi connectivity index (χ4n) is 2.78. The molecule has 0 saturated heterocycles. The molecule has 0 bridgehead atoms. The summed E-state index contributed by atoms with van der Waals surface area (Å²) >= 11 is 0. The van der Waals surface area contributed by atoms with Crippen molar-refractivity contribution in [1.29, 1.82) is 0 Å². The first kappa shape index (κ1) is 12.1. The Bertz CT molecular complexity index is 692. The van der Waals surface area contributed by atoms with Gasteiger partial charge in [-0.15, -0.1) is 0 Å². The Kier molecular flexibility index (Phi) is 2.73. The second kappa shape index (κ2) is 4.30. The van der Waals surface area contributed by atoms with Gasteiger partial charge >= 0.3 is 11.5 Å². The maximum atomic E-state index is 12.7. The summed E-state index contributed by atoms with van der Waals surface area (Å²) in [5, 5.41) is 0. The molecule has 1 aliphatic carbocycles. The molecule has 2 aliphatic rings. The molecule has 3 rings (SSSR count). The molecule has 19 heavy (non-hydrogen) atoms. The SMILES string of the molecule is CCCc1c(C)[n+](C)c2n(c1=O)C1C=CC=CC1=N2. The van der Waals surface area contributed by atoms with Crippen molar-refractivity contribution in [3.05, 3.63) is 45.9 Å². The minimum Gasteiger partial charge on any atom is -0.250 e. The van der Waals surface area contributed by atoms with Crippen LogP contribution in [0.4, 0.5) is 5.95 Å². The van der Waals surface area contributed by atoms with E-state index >= 15 is 0 Å². The van der Waals surface area contributed by atoms with Crippen LogP contribution < -0.4 is 10.1 Å². The normalized spacial score (nSPS) is 19.3. The number of allylic oxidation sites excluding steroid dienone is 4. The van der Waals surface area contributed by atoms with Gasteiger partial charge in [0, 0.05) is 0 Å². The first-order valence-electron chi connectivity index (χ1n) is 6.72. The van der Waals surface area contributed by atoms with Crippen molar-refractivity contribution >= 4 is 11.7 Å². The van der Waals surface area contributed by atoms with Crippen molar-refractivity contribution in [2.45, 2.75) is 32.7 Å². The predicted molar refractivity (Wildman–Crippen MR) is 75.0 cm³/mol. The van der Waals surface area contributed by atoms with Crippen LogP contribution in [0, 0.1) is 6.92 Å². The minimum absolute atomic E-state index is 0.0325. The highest BCUT2D eigenvalue weighted by atomic mass is 16.1. The van der Waals surface area contributed by atoms with Crippen LogP contribution in [0.2, 0.25) is 0 Å². The molecule has 0 aromatic carbocycles. The molecule has 4 nitrogen and oxygen atoms in total. The zero-order chi connectivity index (χ0) is 13.6. The van der Waals surface area contributed by atoms with Gasteiger partial charge in [-0.2, -0.15) is 4.57 Å². The molecule has 1 aromatic heterocycles. The van der Waals surface area contributed by atoms with E-state index in [1.807, 2.05) is 47.4 Å². The summed E-state index contributed by atoms with van der Waals surface area (Å²) in [6.45, 7) is 4.10. The second-order valence-electron chi connectivity index (χ2n) is 5.07. The van der Waals surface area contributed by atoms with Crippen LogP contribution in [-0.4, -0.2) is 10.3 Å². The summed E-state index contributed by atoms with van der Waals surface area (Å²) in [6.07, 6.45) is 9.74. The number of hydrogen-bond donors (Lipinski definition) is 0. The molecule has 0 fully saturated rings. The van der Waals surface area contributed by atoms with Gasteiger partial charge in [-0.1, -0.05) is 30.5 Å². The second-order valence-corrected chi connectivity index (χ2v) is 5.07. The zero-order valence-corrected chi connectivity index (χ0v) is 11.6. The lowest BCUT2D eigenvalue weighted by atomic mass is 10.1. The summed E-state index contributed by atoms with van der Waals surface area (Å²) in [6, 6.07) is -0.0325. The van der Waals surface area contributed by atoms with E-state index in [0.717, 1.165) is 35.8 Å². The van der Waals surface area contributed by atoms with Crippen LogP contribution in [0.25, 0.3) is 0 Å². The molecule has 98 valence electrons. The summed E-state index contributed by atoms with van der Waals surface area (Å²) < 4.78 is 3.84. The third-order valence-corrected chi connectivity index (χ3v) is 3.91. The Labute approximate surface area is 112 Å². The van der Waals surface area contributed by atoms with E-state index < -0.39 is 0 Å². The van der Waals surface area contributed by atoms with Gasteiger partial charge in [0.05, 0.1) is 18.3 Å². The third-order valence-electron chi connectivity index (χ3n) is 3.91. The number of nitrogens with zero attached hydrogens (tertiary/aromatic N) is 3. The van der Waals surface area contributed by atoms with Crippen LogP contribution >= 0.6 is 0 Å². The molecule has 0 saturated carbocycles. The quantitative estimate of drug-likeness (QED) is 0.742. The largest absolute Gasteiger partial charge is 0.402 e. The van der Waals surface area contributed by atoms with E-state index in [-0.39, 0.29) is 11.6 Å². The van der Waals surface area contributed by atoms with Gasteiger partial charge < -0.3 is 0 Å². The lowest BCUT2D eigenvalue weighted by molar-refractivity contribution is -0.668. The Hall–Kier alpha value is -1.97. The molecule has 2 heterocycles. The number of rotatable bonds is 2. The van der Waals surface area contributed by atoms with Crippen molar-refractivity contribution in [2.24, 2.45) is 12.0 Å². The molecule has 0 amide bonds. The lowest BCUT2D eigenvalue weighted by Gasteiger charge is -2.12. The number of aliphatic imine (C=N–C) groups is 1. The van der Waals surface area contributed by atoms with E-state index in [1.54, 1.807) is 0 Å². The van der Waals surface area contributed by atoms with Gasteiger partial charge in [-0.3, -0.25) is 4.79 Å². The molecule has 0 spiro atoms. The topological polar surface area (TPSA) is 38.2 Å². The standard InChI is InChI=1S/C15H18N3O/c1-4-7-11-10(2)17(3)15-16-12-8-5-6-9-13(12)18(15)14(11)19/h5-6,8-9,13H,4,7H2,1-3H3/q+1. The smallest absolute Gasteiger partial charge is 0.250 e. The van der Waals surface area contributed by atoms with E-state index in [0.29, 0.717) is 0 Å². The Balaban J connectivity index is 2.29. The highest BCUT2D eigenvalue weighted by Crippen LogP contribution is 2.27. The average molecular weight is 256 g/mol. The molecule has 4 heteroatoms. The van der Waals surface area contributed by atoms with Gasteiger partial charge in [-0.05, 0) is 25.5 Å².